The molecule has 5 nitrogen and oxygen atoms in total. The molecule has 1 saturated heterocycles. The molecule has 4 rings (SSSR count). The van der Waals surface area contributed by atoms with E-state index in [4.69, 9.17) is 11.6 Å². The molecule has 1 aromatic rings. The summed E-state index contributed by atoms with van der Waals surface area (Å²) < 4.78 is 0. The van der Waals surface area contributed by atoms with Crippen molar-refractivity contribution >= 4 is 29.1 Å². The van der Waals surface area contributed by atoms with Crippen molar-refractivity contribution in [3.05, 3.63) is 28.8 Å². The van der Waals surface area contributed by atoms with Gasteiger partial charge < -0.3 is 16.0 Å². The van der Waals surface area contributed by atoms with Gasteiger partial charge in [0, 0.05) is 17.8 Å². The molecule has 2 saturated carbocycles. The molecule has 3 atom stereocenters. The van der Waals surface area contributed by atoms with Gasteiger partial charge in [0.25, 0.3) is 5.91 Å². The van der Waals surface area contributed by atoms with E-state index in [9.17, 15) is 9.59 Å². The maximum Gasteiger partial charge on any atom is 0.253 e. The Morgan fingerprint density at radius 1 is 1.12 bits per heavy atom. The van der Waals surface area contributed by atoms with Gasteiger partial charge in [0.2, 0.25) is 5.91 Å². The van der Waals surface area contributed by atoms with E-state index in [1.165, 1.54) is 25.7 Å². The SMILES string of the molecule is O=C(NC1CC1)c1cc(NC(=O)C2CC3CCCCC3N2)ccc1Cl. The van der Waals surface area contributed by atoms with Gasteiger partial charge in [0.05, 0.1) is 16.6 Å². The molecule has 1 heterocycles. The fraction of sp³-hybridized carbons (Fsp3) is 0.579. The van der Waals surface area contributed by atoms with Gasteiger partial charge >= 0.3 is 0 Å². The van der Waals surface area contributed by atoms with Gasteiger partial charge in [0.1, 0.15) is 0 Å². The monoisotopic (exact) mass is 361 g/mol. The van der Waals surface area contributed by atoms with Crippen molar-refractivity contribution in [2.75, 3.05) is 5.32 Å². The number of fused-ring (bicyclic) bond motifs is 1. The molecule has 2 amide bonds. The van der Waals surface area contributed by atoms with Crippen LogP contribution in [0.15, 0.2) is 18.2 Å². The second-order valence-electron chi connectivity index (χ2n) is 7.54. The topological polar surface area (TPSA) is 70.2 Å². The maximum atomic E-state index is 12.6. The predicted molar refractivity (Wildman–Crippen MR) is 97.9 cm³/mol. The first-order valence-corrected chi connectivity index (χ1v) is 9.65. The number of anilines is 1. The normalized spacial score (nSPS) is 28.3. The summed E-state index contributed by atoms with van der Waals surface area (Å²) in [6.07, 6.45) is 7.85. The molecule has 3 unspecified atom stereocenters. The smallest absolute Gasteiger partial charge is 0.253 e. The molecule has 1 aromatic carbocycles. The molecule has 25 heavy (non-hydrogen) atoms. The Bertz CT molecular complexity index is 675. The van der Waals surface area contributed by atoms with E-state index in [2.05, 4.69) is 16.0 Å². The Balaban J connectivity index is 1.41. The number of halogens is 1. The quantitative estimate of drug-likeness (QED) is 0.771. The summed E-state index contributed by atoms with van der Waals surface area (Å²) in [6, 6.07) is 5.69. The van der Waals surface area contributed by atoms with E-state index in [0.29, 0.717) is 28.2 Å². The van der Waals surface area contributed by atoms with Crippen molar-refractivity contribution in [1.82, 2.24) is 10.6 Å². The van der Waals surface area contributed by atoms with E-state index in [1.54, 1.807) is 18.2 Å². The van der Waals surface area contributed by atoms with Crippen LogP contribution in [0.4, 0.5) is 5.69 Å². The molecule has 3 fully saturated rings. The number of hydrogen-bond donors (Lipinski definition) is 3. The summed E-state index contributed by atoms with van der Waals surface area (Å²) in [5.41, 5.74) is 1.03. The van der Waals surface area contributed by atoms with Gasteiger partial charge in [-0.05, 0) is 56.2 Å². The molecule has 1 aliphatic heterocycles. The largest absolute Gasteiger partial charge is 0.349 e. The summed E-state index contributed by atoms with van der Waals surface area (Å²) in [7, 11) is 0. The lowest BCUT2D eigenvalue weighted by Gasteiger charge is -2.24. The number of rotatable bonds is 4. The fourth-order valence-electron chi connectivity index (χ4n) is 4.02. The summed E-state index contributed by atoms with van der Waals surface area (Å²) in [4.78, 5) is 24.9. The fourth-order valence-corrected chi connectivity index (χ4v) is 4.22. The third-order valence-electron chi connectivity index (χ3n) is 5.57. The Kier molecular flexibility index (Phi) is 4.69. The molecule has 2 aliphatic carbocycles. The van der Waals surface area contributed by atoms with E-state index in [-0.39, 0.29) is 23.9 Å². The Morgan fingerprint density at radius 2 is 1.92 bits per heavy atom. The van der Waals surface area contributed by atoms with Crippen molar-refractivity contribution in [2.24, 2.45) is 5.92 Å². The summed E-state index contributed by atoms with van der Waals surface area (Å²) in [5.74, 6) is 0.425. The lowest BCUT2D eigenvalue weighted by Crippen LogP contribution is -2.39. The Labute approximate surface area is 152 Å². The van der Waals surface area contributed by atoms with Crippen molar-refractivity contribution in [3.8, 4) is 0 Å². The number of nitrogens with one attached hydrogen (secondary N) is 3. The molecule has 0 radical (unpaired) electrons. The van der Waals surface area contributed by atoms with Crippen molar-refractivity contribution in [3.63, 3.8) is 0 Å². The molecule has 3 N–H and O–H groups in total. The van der Waals surface area contributed by atoms with Crippen LogP contribution >= 0.6 is 11.6 Å². The van der Waals surface area contributed by atoms with Crippen LogP contribution in [0.1, 0.15) is 55.3 Å². The number of carbonyl (C=O) groups excluding carboxylic acids is 2. The van der Waals surface area contributed by atoms with Gasteiger partial charge in [-0.15, -0.1) is 0 Å². The molecular weight excluding hydrogens is 338 g/mol. The summed E-state index contributed by atoms with van der Waals surface area (Å²) in [5, 5.41) is 9.76. The van der Waals surface area contributed by atoms with Gasteiger partial charge in [-0.25, -0.2) is 0 Å². The predicted octanol–water partition coefficient (Wildman–Crippen LogP) is 3.09. The average molecular weight is 362 g/mol. The second-order valence-corrected chi connectivity index (χ2v) is 7.94. The number of amides is 2. The van der Waals surface area contributed by atoms with Crippen LogP contribution in [0.25, 0.3) is 0 Å². The van der Waals surface area contributed by atoms with Crippen LogP contribution in [-0.2, 0) is 4.79 Å². The number of hydrogen-bond acceptors (Lipinski definition) is 3. The maximum absolute atomic E-state index is 12.6. The molecule has 134 valence electrons. The van der Waals surface area contributed by atoms with Gasteiger partial charge in [-0.1, -0.05) is 24.4 Å². The van der Waals surface area contributed by atoms with E-state index >= 15 is 0 Å². The molecule has 0 spiro atoms. The highest BCUT2D eigenvalue weighted by Gasteiger charge is 2.38. The first-order chi connectivity index (χ1) is 12.1. The zero-order valence-corrected chi connectivity index (χ0v) is 14.9. The summed E-state index contributed by atoms with van der Waals surface area (Å²) in [6.45, 7) is 0. The molecule has 0 aromatic heterocycles. The average Bonchev–Trinajstić information content (AvgIpc) is 3.30. The van der Waals surface area contributed by atoms with Crippen LogP contribution in [0, 0.1) is 5.92 Å². The van der Waals surface area contributed by atoms with E-state index in [0.717, 1.165) is 19.3 Å². The van der Waals surface area contributed by atoms with Gasteiger partial charge in [-0.2, -0.15) is 0 Å². The lowest BCUT2D eigenvalue weighted by atomic mass is 9.85. The minimum atomic E-state index is -0.173. The number of benzene rings is 1. The highest BCUT2D eigenvalue weighted by Crippen LogP contribution is 2.33. The van der Waals surface area contributed by atoms with E-state index in [1.807, 2.05) is 0 Å². The highest BCUT2D eigenvalue weighted by molar-refractivity contribution is 6.34. The Morgan fingerprint density at radius 3 is 2.68 bits per heavy atom. The summed E-state index contributed by atoms with van der Waals surface area (Å²) >= 11 is 6.16. The zero-order chi connectivity index (χ0) is 17.4. The third kappa shape index (κ3) is 3.82. The second kappa shape index (κ2) is 6.96. The first kappa shape index (κ1) is 16.9. The van der Waals surface area contributed by atoms with Gasteiger partial charge in [-0.3, -0.25) is 9.59 Å². The zero-order valence-electron chi connectivity index (χ0n) is 14.2. The van der Waals surface area contributed by atoms with Crippen molar-refractivity contribution in [2.45, 2.75) is 63.1 Å². The minimum Gasteiger partial charge on any atom is -0.349 e. The minimum absolute atomic E-state index is 0.0229. The number of carbonyl (C=O) groups is 2. The van der Waals surface area contributed by atoms with E-state index < -0.39 is 0 Å². The molecule has 6 heteroatoms. The van der Waals surface area contributed by atoms with Crippen LogP contribution in [-0.4, -0.2) is 29.9 Å². The third-order valence-corrected chi connectivity index (χ3v) is 5.90. The first-order valence-electron chi connectivity index (χ1n) is 9.27. The van der Waals surface area contributed by atoms with Crippen LogP contribution in [0.3, 0.4) is 0 Å². The van der Waals surface area contributed by atoms with Crippen LogP contribution < -0.4 is 16.0 Å². The van der Waals surface area contributed by atoms with Crippen molar-refractivity contribution in [1.29, 1.82) is 0 Å². The van der Waals surface area contributed by atoms with Crippen LogP contribution in [0.5, 0.6) is 0 Å². The molecule has 0 bridgehead atoms. The standard InChI is InChI=1S/C19H24ClN3O2/c20-15-8-7-13(10-14(15)18(24)21-12-5-6-12)22-19(25)17-9-11-3-1-2-4-16(11)23-17/h7-8,10-12,16-17,23H,1-6,9H2,(H,21,24)(H,22,25). The molecule has 3 aliphatic rings. The lowest BCUT2D eigenvalue weighted by molar-refractivity contribution is -0.117. The molecular formula is C19H24ClN3O2. The highest BCUT2D eigenvalue weighted by atomic mass is 35.5. The van der Waals surface area contributed by atoms with Gasteiger partial charge in [0.15, 0.2) is 0 Å². The van der Waals surface area contributed by atoms with Crippen LogP contribution in [0.2, 0.25) is 5.02 Å². The van der Waals surface area contributed by atoms with Crippen molar-refractivity contribution < 1.29 is 9.59 Å². The Hall–Kier alpha value is -1.59.